The minimum Gasteiger partial charge on any atom is -0.495 e. The molecule has 5 heteroatoms. The summed E-state index contributed by atoms with van der Waals surface area (Å²) < 4.78 is 16.2. The SMILES string of the molecule is CCCOc1ccc(OCC(=O)Nc2cc(C)ccc2OC)cc1. The number of nitrogens with one attached hydrogen (secondary N) is 1. The molecule has 2 aromatic carbocycles. The minimum absolute atomic E-state index is 0.0771. The number of ether oxygens (including phenoxy) is 3. The predicted molar refractivity (Wildman–Crippen MR) is 94.1 cm³/mol. The highest BCUT2D eigenvalue weighted by Gasteiger charge is 2.08. The highest BCUT2D eigenvalue weighted by Crippen LogP contribution is 2.25. The molecule has 0 aliphatic heterocycles. The molecule has 5 nitrogen and oxygen atoms in total. The summed E-state index contributed by atoms with van der Waals surface area (Å²) in [6, 6.07) is 12.8. The van der Waals surface area contributed by atoms with E-state index in [0.717, 1.165) is 17.7 Å². The van der Waals surface area contributed by atoms with E-state index in [4.69, 9.17) is 14.2 Å². The van der Waals surface area contributed by atoms with Crippen molar-refractivity contribution >= 4 is 11.6 Å². The molecule has 0 aromatic heterocycles. The van der Waals surface area contributed by atoms with Gasteiger partial charge in [-0.25, -0.2) is 0 Å². The Morgan fingerprint density at radius 2 is 1.71 bits per heavy atom. The molecule has 0 radical (unpaired) electrons. The Kier molecular flexibility index (Phi) is 6.49. The van der Waals surface area contributed by atoms with E-state index in [2.05, 4.69) is 12.2 Å². The van der Waals surface area contributed by atoms with Gasteiger partial charge in [0.25, 0.3) is 5.91 Å². The average molecular weight is 329 g/mol. The van der Waals surface area contributed by atoms with Crippen molar-refractivity contribution in [3.8, 4) is 17.2 Å². The molecule has 1 N–H and O–H groups in total. The van der Waals surface area contributed by atoms with Gasteiger partial charge in [0, 0.05) is 0 Å². The van der Waals surface area contributed by atoms with Gasteiger partial charge in [0.05, 0.1) is 19.4 Å². The van der Waals surface area contributed by atoms with Crippen LogP contribution in [0.25, 0.3) is 0 Å². The van der Waals surface area contributed by atoms with Crippen LogP contribution in [0.1, 0.15) is 18.9 Å². The monoisotopic (exact) mass is 329 g/mol. The summed E-state index contributed by atoms with van der Waals surface area (Å²) in [7, 11) is 1.57. The second-order valence-corrected chi connectivity index (χ2v) is 5.36. The Morgan fingerprint density at radius 1 is 1.04 bits per heavy atom. The average Bonchev–Trinajstić information content (AvgIpc) is 2.59. The van der Waals surface area contributed by atoms with E-state index < -0.39 is 0 Å². The third-order valence-corrected chi connectivity index (χ3v) is 3.30. The van der Waals surface area contributed by atoms with Crippen LogP contribution in [0.2, 0.25) is 0 Å². The summed E-state index contributed by atoms with van der Waals surface area (Å²) in [5.41, 5.74) is 1.67. The van der Waals surface area contributed by atoms with Crippen LogP contribution in [0.15, 0.2) is 42.5 Å². The van der Waals surface area contributed by atoms with Gasteiger partial charge in [-0.15, -0.1) is 0 Å². The first-order valence-corrected chi connectivity index (χ1v) is 7.92. The standard InChI is InChI=1S/C19H23NO4/c1-4-11-23-15-6-8-16(9-7-15)24-13-19(21)20-17-12-14(2)5-10-18(17)22-3/h5-10,12H,4,11,13H2,1-3H3,(H,20,21). The highest BCUT2D eigenvalue weighted by molar-refractivity contribution is 5.93. The van der Waals surface area contributed by atoms with E-state index in [-0.39, 0.29) is 12.5 Å². The largest absolute Gasteiger partial charge is 0.495 e. The fourth-order valence-corrected chi connectivity index (χ4v) is 2.11. The number of amides is 1. The van der Waals surface area contributed by atoms with Crippen molar-refractivity contribution in [3.63, 3.8) is 0 Å². The number of hydrogen-bond acceptors (Lipinski definition) is 4. The number of carbonyl (C=O) groups excluding carboxylic acids is 1. The summed E-state index contributed by atoms with van der Waals surface area (Å²) in [6.45, 7) is 4.61. The lowest BCUT2D eigenvalue weighted by Gasteiger charge is -2.12. The van der Waals surface area contributed by atoms with Crippen molar-refractivity contribution in [2.24, 2.45) is 0 Å². The number of hydrogen-bond donors (Lipinski definition) is 1. The van der Waals surface area contributed by atoms with Gasteiger partial charge in [-0.05, 0) is 55.3 Å². The smallest absolute Gasteiger partial charge is 0.262 e. The molecule has 0 fully saturated rings. The molecule has 0 saturated heterocycles. The number of rotatable bonds is 8. The Morgan fingerprint density at radius 3 is 2.33 bits per heavy atom. The molecule has 2 rings (SSSR count). The molecule has 0 aliphatic rings. The van der Waals surface area contributed by atoms with Gasteiger partial charge in [-0.2, -0.15) is 0 Å². The summed E-state index contributed by atoms with van der Waals surface area (Å²) in [5, 5.41) is 2.80. The van der Waals surface area contributed by atoms with Gasteiger partial charge in [0.1, 0.15) is 17.2 Å². The fourth-order valence-electron chi connectivity index (χ4n) is 2.11. The molecule has 0 unspecified atom stereocenters. The van der Waals surface area contributed by atoms with E-state index in [1.807, 2.05) is 37.3 Å². The number of carbonyl (C=O) groups is 1. The lowest BCUT2D eigenvalue weighted by Crippen LogP contribution is -2.20. The number of aryl methyl sites for hydroxylation is 1. The zero-order valence-corrected chi connectivity index (χ0v) is 14.3. The molecular weight excluding hydrogens is 306 g/mol. The van der Waals surface area contributed by atoms with Crippen LogP contribution < -0.4 is 19.5 Å². The first-order valence-electron chi connectivity index (χ1n) is 7.92. The van der Waals surface area contributed by atoms with E-state index in [1.165, 1.54) is 0 Å². The van der Waals surface area contributed by atoms with E-state index in [9.17, 15) is 4.79 Å². The minimum atomic E-state index is -0.245. The van der Waals surface area contributed by atoms with Crippen molar-refractivity contribution in [2.75, 3.05) is 25.6 Å². The molecule has 2 aromatic rings. The topological polar surface area (TPSA) is 56.8 Å². The Balaban J connectivity index is 1.88. The summed E-state index contributed by atoms with van der Waals surface area (Å²) in [6.07, 6.45) is 0.959. The second kappa shape index (κ2) is 8.82. The Labute approximate surface area is 142 Å². The number of anilines is 1. The molecule has 0 spiro atoms. The highest BCUT2D eigenvalue weighted by atomic mass is 16.5. The Hall–Kier alpha value is -2.69. The van der Waals surface area contributed by atoms with E-state index in [0.29, 0.717) is 23.8 Å². The number of benzene rings is 2. The van der Waals surface area contributed by atoms with Crippen molar-refractivity contribution < 1.29 is 19.0 Å². The van der Waals surface area contributed by atoms with Crippen LogP contribution in [-0.2, 0) is 4.79 Å². The van der Waals surface area contributed by atoms with Gasteiger partial charge in [0.15, 0.2) is 6.61 Å². The molecule has 0 aliphatic carbocycles. The lowest BCUT2D eigenvalue weighted by molar-refractivity contribution is -0.118. The predicted octanol–water partition coefficient (Wildman–Crippen LogP) is 3.81. The molecule has 0 saturated carbocycles. The molecule has 0 heterocycles. The van der Waals surface area contributed by atoms with Crippen molar-refractivity contribution in [2.45, 2.75) is 20.3 Å². The summed E-state index contributed by atoms with van der Waals surface area (Å²) in [5.74, 6) is 1.78. The molecule has 0 atom stereocenters. The maximum Gasteiger partial charge on any atom is 0.262 e. The van der Waals surface area contributed by atoms with Gasteiger partial charge >= 0.3 is 0 Å². The third kappa shape index (κ3) is 5.19. The first kappa shape index (κ1) is 17.7. The van der Waals surface area contributed by atoms with Crippen LogP contribution in [-0.4, -0.2) is 26.2 Å². The van der Waals surface area contributed by atoms with Gasteiger partial charge in [-0.1, -0.05) is 13.0 Å². The molecule has 0 bridgehead atoms. The third-order valence-electron chi connectivity index (χ3n) is 3.30. The maximum atomic E-state index is 12.1. The zero-order valence-electron chi connectivity index (χ0n) is 14.3. The molecule has 128 valence electrons. The van der Waals surface area contributed by atoms with Crippen molar-refractivity contribution in [1.29, 1.82) is 0 Å². The lowest BCUT2D eigenvalue weighted by atomic mass is 10.2. The van der Waals surface area contributed by atoms with Crippen molar-refractivity contribution in [3.05, 3.63) is 48.0 Å². The van der Waals surface area contributed by atoms with Crippen molar-refractivity contribution in [1.82, 2.24) is 0 Å². The van der Waals surface area contributed by atoms with Crippen LogP contribution in [0, 0.1) is 6.92 Å². The summed E-state index contributed by atoms with van der Waals surface area (Å²) in [4.78, 5) is 12.1. The van der Waals surface area contributed by atoms with Crippen LogP contribution >= 0.6 is 0 Å². The zero-order chi connectivity index (χ0) is 17.4. The summed E-state index contributed by atoms with van der Waals surface area (Å²) >= 11 is 0. The normalized spacial score (nSPS) is 10.1. The van der Waals surface area contributed by atoms with Crippen LogP contribution in [0.4, 0.5) is 5.69 Å². The van der Waals surface area contributed by atoms with Gasteiger partial charge < -0.3 is 19.5 Å². The second-order valence-electron chi connectivity index (χ2n) is 5.36. The van der Waals surface area contributed by atoms with Gasteiger partial charge in [-0.3, -0.25) is 4.79 Å². The quantitative estimate of drug-likeness (QED) is 0.800. The van der Waals surface area contributed by atoms with E-state index in [1.54, 1.807) is 19.2 Å². The first-order chi connectivity index (χ1) is 11.6. The number of methoxy groups -OCH3 is 1. The van der Waals surface area contributed by atoms with Crippen LogP contribution in [0.5, 0.6) is 17.2 Å². The van der Waals surface area contributed by atoms with E-state index >= 15 is 0 Å². The molecule has 1 amide bonds. The molecular formula is C19H23NO4. The van der Waals surface area contributed by atoms with Gasteiger partial charge in [0.2, 0.25) is 0 Å². The molecule has 24 heavy (non-hydrogen) atoms. The Bertz CT molecular complexity index is 668. The maximum absolute atomic E-state index is 12.1. The fraction of sp³-hybridized carbons (Fsp3) is 0.316. The van der Waals surface area contributed by atoms with Crippen LogP contribution in [0.3, 0.4) is 0 Å².